The SMILES string of the molecule is Cc1cn(-c2ccc3n(c2=O)C[C@@H](C)N(Cc2cc(C(F)(F)F)ccc2Cl)C3=O)cn1. The van der Waals surface area contributed by atoms with Crippen LogP contribution in [0, 0.1) is 6.92 Å². The van der Waals surface area contributed by atoms with Gasteiger partial charge in [-0.25, -0.2) is 4.98 Å². The molecule has 0 spiro atoms. The molecule has 31 heavy (non-hydrogen) atoms. The lowest BCUT2D eigenvalue weighted by molar-refractivity contribution is -0.137. The van der Waals surface area contributed by atoms with Crippen LogP contribution < -0.4 is 5.56 Å². The molecule has 4 rings (SSSR count). The summed E-state index contributed by atoms with van der Waals surface area (Å²) >= 11 is 6.11. The van der Waals surface area contributed by atoms with E-state index in [0.29, 0.717) is 5.69 Å². The number of alkyl halides is 3. The smallest absolute Gasteiger partial charge is 0.328 e. The van der Waals surface area contributed by atoms with Crippen molar-refractivity contribution in [2.45, 2.75) is 39.2 Å². The molecule has 1 aromatic carbocycles. The Labute approximate surface area is 180 Å². The minimum Gasteiger partial charge on any atom is -0.328 e. The number of pyridine rings is 1. The van der Waals surface area contributed by atoms with Gasteiger partial charge in [-0.15, -0.1) is 0 Å². The number of halogens is 4. The third-order valence-corrected chi connectivity index (χ3v) is 5.69. The first-order valence-corrected chi connectivity index (χ1v) is 9.85. The number of aromatic nitrogens is 3. The summed E-state index contributed by atoms with van der Waals surface area (Å²) in [6, 6.07) is 5.69. The van der Waals surface area contributed by atoms with Crippen LogP contribution in [-0.2, 0) is 19.3 Å². The first-order chi connectivity index (χ1) is 14.6. The quantitative estimate of drug-likeness (QED) is 0.604. The second kappa shape index (κ2) is 7.56. The largest absolute Gasteiger partial charge is 0.416 e. The van der Waals surface area contributed by atoms with Crippen molar-refractivity contribution in [2.75, 3.05) is 0 Å². The molecule has 3 aromatic rings. The Morgan fingerprint density at radius 2 is 1.94 bits per heavy atom. The summed E-state index contributed by atoms with van der Waals surface area (Å²) in [5.41, 5.74) is 0.298. The molecule has 0 bridgehead atoms. The van der Waals surface area contributed by atoms with Crippen molar-refractivity contribution in [3.8, 4) is 5.69 Å². The summed E-state index contributed by atoms with van der Waals surface area (Å²) in [5.74, 6) is -0.447. The molecule has 1 aliphatic heterocycles. The highest BCUT2D eigenvalue weighted by Gasteiger charge is 2.34. The summed E-state index contributed by atoms with van der Waals surface area (Å²) in [4.78, 5) is 31.6. The second-order valence-corrected chi connectivity index (χ2v) is 7.94. The van der Waals surface area contributed by atoms with E-state index in [2.05, 4.69) is 4.98 Å². The van der Waals surface area contributed by atoms with E-state index in [9.17, 15) is 22.8 Å². The van der Waals surface area contributed by atoms with Gasteiger partial charge in [0.15, 0.2) is 0 Å². The van der Waals surface area contributed by atoms with E-state index in [1.165, 1.54) is 21.9 Å². The van der Waals surface area contributed by atoms with Crippen LogP contribution in [0.1, 0.15) is 34.2 Å². The van der Waals surface area contributed by atoms with Gasteiger partial charge in [-0.1, -0.05) is 11.6 Å². The lowest BCUT2D eigenvalue weighted by Crippen LogP contribution is -2.49. The van der Waals surface area contributed by atoms with E-state index >= 15 is 0 Å². The molecular formula is C21H18ClF3N4O2. The normalized spacial score (nSPS) is 16.5. The topological polar surface area (TPSA) is 60.1 Å². The first kappa shape index (κ1) is 21.2. The maximum absolute atomic E-state index is 13.1. The minimum atomic E-state index is -4.52. The molecule has 2 aromatic heterocycles. The molecular weight excluding hydrogens is 433 g/mol. The Bertz CT molecular complexity index is 1230. The third kappa shape index (κ3) is 3.85. The average molecular weight is 451 g/mol. The highest BCUT2D eigenvalue weighted by atomic mass is 35.5. The number of rotatable bonds is 3. The highest BCUT2D eigenvalue weighted by molar-refractivity contribution is 6.31. The van der Waals surface area contributed by atoms with Crippen LogP contribution in [0.4, 0.5) is 13.2 Å². The van der Waals surface area contributed by atoms with Crippen molar-refractivity contribution in [2.24, 2.45) is 0 Å². The predicted molar refractivity (Wildman–Crippen MR) is 108 cm³/mol. The number of hydrogen-bond acceptors (Lipinski definition) is 3. The van der Waals surface area contributed by atoms with Crippen molar-refractivity contribution < 1.29 is 18.0 Å². The Morgan fingerprint density at radius 3 is 2.58 bits per heavy atom. The number of fused-ring (bicyclic) bond motifs is 1. The van der Waals surface area contributed by atoms with Crippen LogP contribution >= 0.6 is 11.6 Å². The Hall–Kier alpha value is -3.07. The first-order valence-electron chi connectivity index (χ1n) is 9.47. The Kier molecular flexibility index (Phi) is 5.17. The van der Waals surface area contributed by atoms with Gasteiger partial charge < -0.3 is 14.0 Å². The van der Waals surface area contributed by atoms with Gasteiger partial charge >= 0.3 is 6.18 Å². The summed E-state index contributed by atoms with van der Waals surface area (Å²) in [7, 11) is 0. The summed E-state index contributed by atoms with van der Waals surface area (Å²) in [6.07, 6.45) is -1.28. The average Bonchev–Trinajstić information content (AvgIpc) is 3.12. The number of carbonyl (C=O) groups is 1. The number of amides is 1. The second-order valence-electron chi connectivity index (χ2n) is 7.53. The fourth-order valence-corrected chi connectivity index (χ4v) is 3.86. The fraction of sp³-hybridized carbons (Fsp3) is 0.286. The van der Waals surface area contributed by atoms with Crippen LogP contribution in [0.15, 0.2) is 47.7 Å². The minimum absolute atomic E-state index is 0.0978. The number of carbonyl (C=O) groups excluding carboxylic acids is 1. The Morgan fingerprint density at radius 1 is 1.19 bits per heavy atom. The van der Waals surface area contributed by atoms with Gasteiger partial charge in [0.05, 0.1) is 17.6 Å². The highest BCUT2D eigenvalue weighted by Crippen LogP contribution is 2.33. The molecule has 1 amide bonds. The number of aryl methyl sites for hydroxylation is 1. The van der Waals surface area contributed by atoms with Crippen LogP contribution in [0.2, 0.25) is 5.02 Å². The van der Waals surface area contributed by atoms with Crippen molar-refractivity contribution >= 4 is 17.5 Å². The van der Waals surface area contributed by atoms with Gasteiger partial charge in [-0.05, 0) is 49.7 Å². The molecule has 3 heterocycles. The van der Waals surface area contributed by atoms with Gasteiger partial charge in [-0.3, -0.25) is 9.59 Å². The molecule has 6 nitrogen and oxygen atoms in total. The molecule has 10 heteroatoms. The fourth-order valence-electron chi connectivity index (χ4n) is 3.68. The maximum Gasteiger partial charge on any atom is 0.416 e. The van der Waals surface area contributed by atoms with Gasteiger partial charge in [0, 0.05) is 30.4 Å². The maximum atomic E-state index is 13.1. The van der Waals surface area contributed by atoms with Crippen LogP contribution in [-0.4, -0.2) is 31.0 Å². The van der Waals surface area contributed by atoms with Gasteiger partial charge in [0.25, 0.3) is 11.5 Å². The zero-order valence-electron chi connectivity index (χ0n) is 16.7. The number of imidazole rings is 1. The third-order valence-electron chi connectivity index (χ3n) is 5.32. The van der Waals surface area contributed by atoms with Gasteiger partial charge in [-0.2, -0.15) is 13.2 Å². The molecule has 0 unspecified atom stereocenters. The van der Waals surface area contributed by atoms with E-state index in [1.54, 1.807) is 36.7 Å². The summed E-state index contributed by atoms with van der Waals surface area (Å²) in [6.45, 7) is 3.65. The molecule has 0 saturated heterocycles. The number of benzene rings is 1. The van der Waals surface area contributed by atoms with E-state index in [0.717, 1.165) is 17.8 Å². The number of hydrogen-bond donors (Lipinski definition) is 0. The summed E-state index contributed by atoms with van der Waals surface area (Å²) < 4.78 is 42.2. The molecule has 1 atom stereocenters. The molecule has 0 saturated carbocycles. The lowest BCUT2D eigenvalue weighted by Gasteiger charge is -2.35. The molecule has 162 valence electrons. The van der Waals surface area contributed by atoms with Crippen LogP contribution in [0.3, 0.4) is 0 Å². The van der Waals surface area contributed by atoms with Crippen LogP contribution in [0.5, 0.6) is 0 Å². The van der Waals surface area contributed by atoms with E-state index in [4.69, 9.17) is 11.6 Å². The Balaban J connectivity index is 1.69. The van der Waals surface area contributed by atoms with Crippen molar-refractivity contribution in [1.29, 1.82) is 0 Å². The van der Waals surface area contributed by atoms with E-state index < -0.39 is 23.7 Å². The van der Waals surface area contributed by atoms with Crippen molar-refractivity contribution in [1.82, 2.24) is 19.0 Å². The predicted octanol–water partition coefficient (Wildman–Crippen LogP) is 4.06. The molecule has 0 aliphatic carbocycles. The van der Waals surface area contributed by atoms with Gasteiger partial charge in [0.1, 0.15) is 11.4 Å². The molecule has 0 radical (unpaired) electrons. The van der Waals surface area contributed by atoms with Crippen LogP contribution in [0.25, 0.3) is 5.69 Å². The molecule has 0 N–H and O–H groups in total. The van der Waals surface area contributed by atoms with E-state index in [-0.39, 0.29) is 34.9 Å². The molecule has 0 fully saturated rings. The summed E-state index contributed by atoms with van der Waals surface area (Å²) in [5, 5.41) is 0.141. The van der Waals surface area contributed by atoms with Crippen molar-refractivity contribution in [3.63, 3.8) is 0 Å². The van der Waals surface area contributed by atoms with E-state index in [1.807, 2.05) is 0 Å². The standard InChI is InChI=1S/C21H18ClF3N4O2/c1-12-8-27(11-26-12)17-5-6-18-20(31)28(13(2)9-29(18)19(17)30)10-14-7-15(21(23,24)25)3-4-16(14)22/h3-8,11,13H,9-10H2,1-2H3/t13-/m1/s1. The number of nitrogens with zero attached hydrogens (tertiary/aromatic N) is 4. The molecule has 1 aliphatic rings. The lowest BCUT2D eigenvalue weighted by atomic mass is 10.1. The van der Waals surface area contributed by atoms with Gasteiger partial charge in [0.2, 0.25) is 0 Å². The zero-order chi connectivity index (χ0) is 22.5. The van der Waals surface area contributed by atoms with Crippen molar-refractivity contribution in [3.05, 3.63) is 80.7 Å². The zero-order valence-corrected chi connectivity index (χ0v) is 17.4. The monoisotopic (exact) mass is 450 g/mol.